The number of benzene rings is 1. The first-order valence-electron chi connectivity index (χ1n) is 6.10. The SMILES string of the molecule is O=C(c1ccc(OCCF)cc1)N1CCNCC1. The van der Waals surface area contributed by atoms with Crippen molar-refractivity contribution in [1.82, 2.24) is 10.2 Å². The standard InChI is InChI=1S/C13H17FN2O2/c14-5-10-18-12-3-1-11(2-4-12)13(17)16-8-6-15-7-9-16/h1-4,15H,5-10H2. The van der Waals surface area contributed by atoms with E-state index >= 15 is 0 Å². The van der Waals surface area contributed by atoms with Crippen molar-refractivity contribution in [2.24, 2.45) is 0 Å². The van der Waals surface area contributed by atoms with Crippen LogP contribution in [0, 0.1) is 0 Å². The second-order valence-corrected chi connectivity index (χ2v) is 4.10. The minimum atomic E-state index is -0.512. The van der Waals surface area contributed by atoms with Gasteiger partial charge in [0.2, 0.25) is 0 Å². The summed E-state index contributed by atoms with van der Waals surface area (Å²) in [5.41, 5.74) is 0.643. The molecule has 1 aliphatic rings. The van der Waals surface area contributed by atoms with Crippen LogP contribution in [0.1, 0.15) is 10.4 Å². The first-order chi connectivity index (χ1) is 8.81. The molecular formula is C13H17FN2O2. The molecule has 0 spiro atoms. The number of carbonyl (C=O) groups excluding carboxylic acids is 1. The van der Waals surface area contributed by atoms with Gasteiger partial charge in [0.25, 0.3) is 5.91 Å². The van der Waals surface area contributed by atoms with Crippen molar-refractivity contribution in [2.45, 2.75) is 0 Å². The van der Waals surface area contributed by atoms with Crippen LogP contribution in [0.15, 0.2) is 24.3 Å². The topological polar surface area (TPSA) is 41.6 Å². The van der Waals surface area contributed by atoms with E-state index in [2.05, 4.69) is 5.32 Å². The molecule has 0 aromatic heterocycles. The summed E-state index contributed by atoms with van der Waals surface area (Å²) in [7, 11) is 0. The summed E-state index contributed by atoms with van der Waals surface area (Å²) >= 11 is 0. The van der Waals surface area contributed by atoms with Gasteiger partial charge in [-0.25, -0.2) is 4.39 Å². The zero-order chi connectivity index (χ0) is 12.8. The third-order valence-electron chi connectivity index (χ3n) is 2.85. The lowest BCUT2D eigenvalue weighted by Crippen LogP contribution is -2.46. The number of rotatable bonds is 4. The molecule has 1 aromatic carbocycles. The molecule has 1 heterocycles. The molecular weight excluding hydrogens is 235 g/mol. The Bertz CT molecular complexity index is 388. The number of hydrogen-bond acceptors (Lipinski definition) is 3. The smallest absolute Gasteiger partial charge is 0.253 e. The summed E-state index contributed by atoms with van der Waals surface area (Å²) in [5.74, 6) is 0.623. The predicted molar refractivity (Wildman–Crippen MR) is 66.7 cm³/mol. The Hall–Kier alpha value is -1.62. The summed E-state index contributed by atoms with van der Waals surface area (Å²) in [6.07, 6.45) is 0. The lowest BCUT2D eigenvalue weighted by molar-refractivity contribution is 0.0736. The van der Waals surface area contributed by atoms with Gasteiger partial charge in [0.15, 0.2) is 0 Å². The van der Waals surface area contributed by atoms with Crippen molar-refractivity contribution in [3.63, 3.8) is 0 Å². The van der Waals surface area contributed by atoms with Crippen molar-refractivity contribution in [3.05, 3.63) is 29.8 Å². The highest BCUT2D eigenvalue weighted by molar-refractivity contribution is 5.94. The van der Waals surface area contributed by atoms with E-state index in [0.717, 1.165) is 26.2 Å². The zero-order valence-corrected chi connectivity index (χ0v) is 10.2. The van der Waals surface area contributed by atoms with Crippen LogP contribution in [-0.4, -0.2) is 50.3 Å². The number of amides is 1. The molecule has 1 aromatic rings. The van der Waals surface area contributed by atoms with Crippen LogP contribution in [0.25, 0.3) is 0 Å². The quantitative estimate of drug-likeness (QED) is 0.872. The van der Waals surface area contributed by atoms with E-state index in [4.69, 9.17) is 4.74 Å². The van der Waals surface area contributed by atoms with Crippen LogP contribution < -0.4 is 10.1 Å². The molecule has 0 saturated carbocycles. The van der Waals surface area contributed by atoms with Gasteiger partial charge in [-0.05, 0) is 24.3 Å². The van der Waals surface area contributed by atoms with Crippen molar-refractivity contribution >= 4 is 5.91 Å². The van der Waals surface area contributed by atoms with Gasteiger partial charge in [-0.1, -0.05) is 0 Å². The molecule has 4 nitrogen and oxygen atoms in total. The number of nitrogens with one attached hydrogen (secondary N) is 1. The monoisotopic (exact) mass is 252 g/mol. The van der Waals surface area contributed by atoms with Crippen LogP contribution in [0.3, 0.4) is 0 Å². The predicted octanol–water partition coefficient (Wildman–Crippen LogP) is 1.08. The van der Waals surface area contributed by atoms with Crippen LogP contribution in [0.5, 0.6) is 5.75 Å². The lowest BCUT2D eigenvalue weighted by atomic mass is 10.2. The second kappa shape index (κ2) is 6.35. The van der Waals surface area contributed by atoms with Gasteiger partial charge in [-0.2, -0.15) is 0 Å². The molecule has 1 fully saturated rings. The molecule has 1 aliphatic heterocycles. The highest BCUT2D eigenvalue weighted by Crippen LogP contribution is 2.14. The second-order valence-electron chi connectivity index (χ2n) is 4.10. The summed E-state index contributed by atoms with van der Waals surface area (Å²) < 4.78 is 17.1. The van der Waals surface area contributed by atoms with Crippen LogP contribution in [-0.2, 0) is 0 Å². The molecule has 0 unspecified atom stereocenters. The average Bonchev–Trinajstić information content (AvgIpc) is 2.46. The molecule has 0 atom stereocenters. The normalized spacial score (nSPS) is 15.5. The molecule has 5 heteroatoms. The number of nitrogens with zero attached hydrogens (tertiary/aromatic N) is 1. The number of ether oxygens (including phenoxy) is 1. The summed E-state index contributed by atoms with van der Waals surface area (Å²) in [5, 5.41) is 3.20. The third kappa shape index (κ3) is 3.20. The van der Waals surface area contributed by atoms with Gasteiger partial charge < -0.3 is 15.0 Å². The first kappa shape index (κ1) is 12.8. The molecule has 2 rings (SSSR count). The van der Waals surface area contributed by atoms with E-state index in [1.807, 2.05) is 4.90 Å². The van der Waals surface area contributed by atoms with Crippen LogP contribution >= 0.6 is 0 Å². The highest BCUT2D eigenvalue weighted by Gasteiger charge is 2.17. The van der Waals surface area contributed by atoms with Crippen molar-refractivity contribution in [2.75, 3.05) is 39.5 Å². The number of hydrogen-bond donors (Lipinski definition) is 1. The maximum absolute atomic E-state index is 12.1. The fourth-order valence-corrected chi connectivity index (χ4v) is 1.90. The number of piperazine rings is 1. The Morgan fingerprint density at radius 2 is 1.94 bits per heavy atom. The van der Waals surface area contributed by atoms with E-state index in [1.54, 1.807) is 24.3 Å². The van der Waals surface area contributed by atoms with Crippen LogP contribution in [0.4, 0.5) is 4.39 Å². The Labute approximate surface area is 106 Å². The van der Waals surface area contributed by atoms with Crippen molar-refractivity contribution in [1.29, 1.82) is 0 Å². The Kier molecular flexibility index (Phi) is 4.52. The Morgan fingerprint density at radius 3 is 2.56 bits per heavy atom. The number of halogens is 1. The van der Waals surface area contributed by atoms with E-state index in [9.17, 15) is 9.18 Å². The summed E-state index contributed by atoms with van der Waals surface area (Å²) in [4.78, 5) is 13.9. The van der Waals surface area contributed by atoms with E-state index < -0.39 is 6.67 Å². The molecule has 0 radical (unpaired) electrons. The largest absolute Gasteiger partial charge is 0.491 e. The number of alkyl halides is 1. The fraction of sp³-hybridized carbons (Fsp3) is 0.462. The van der Waals surface area contributed by atoms with Crippen molar-refractivity contribution < 1.29 is 13.9 Å². The number of carbonyl (C=O) groups is 1. The Balaban J connectivity index is 1.97. The first-order valence-corrected chi connectivity index (χ1v) is 6.10. The lowest BCUT2D eigenvalue weighted by Gasteiger charge is -2.27. The Morgan fingerprint density at radius 1 is 1.28 bits per heavy atom. The summed E-state index contributed by atoms with van der Waals surface area (Å²) in [6.45, 7) is 2.68. The van der Waals surface area contributed by atoms with Crippen molar-refractivity contribution in [3.8, 4) is 5.75 Å². The molecule has 98 valence electrons. The van der Waals surface area contributed by atoms with E-state index in [-0.39, 0.29) is 12.5 Å². The van der Waals surface area contributed by atoms with E-state index in [1.165, 1.54) is 0 Å². The minimum Gasteiger partial charge on any atom is -0.491 e. The fourth-order valence-electron chi connectivity index (χ4n) is 1.90. The highest BCUT2D eigenvalue weighted by atomic mass is 19.1. The molecule has 0 bridgehead atoms. The van der Waals surface area contributed by atoms with Gasteiger partial charge in [0, 0.05) is 31.7 Å². The molecule has 0 aliphatic carbocycles. The maximum Gasteiger partial charge on any atom is 0.253 e. The maximum atomic E-state index is 12.1. The molecule has 1 amide bonds. The van der Waals surface area contributed by atoms with E-state index in [0.29, 0.717) is 11.3 Å². The van der Waals surface area contributed by atoms with Gasteiger partial charge in [0.05, 0.1) is 0 Å². The van der Waals surface area contributed by atoms with Gasteiger partial charge >= 0.3 is 0 Å². The third-order valence-corrected chi connectivity index (χ3v) is 2.85. The average molecular weight is 252 g/mol. The van der Waals surface area contributed by atoms with Gasteiger partial charge in [0.1, 0.15) is 19.0 Å². The molecule has 1 N–H and O–H groups in total. The van der Waals surface area contributed by atoms with Crippen LogP contribution in [0.2, 0.25) is 0 Å². The minimum absolute atomic E-state index is 0.0357. The molecule has 1 saturated heterocycles. The van der Waals surface area contributed by atoms with Gasteiger partial charge in [-0.3, -0.25) is 4.79 Å². The van der Waals surface area contributed by atoms with Gasteiger partial charge in [-0.15, -0.1) is 0 Å². The molecule has 18 heavy (non-hydrogen) atoms. The zero-order valence-electron chi connectivity index (χ0n) is 10.2. The summed E-state index contributed by atoms with van der Waals surface area (Å²) in [6, 6.07) is 6.84.